The zero-order valence-corrected chi connectivity index (χ0v) is 15.1. The lowest BCUT2D eigenvalue weighted by Crippen LogP contribution is -2.11. The molecular formula is C21H14N2O3S. The monoisotopic (exact) mass is 374 g/mol. The van der Waals surface area contributed by atoms with Crippen LogP contribution in [0.4, 0.5) is 5.13 Å². The van der Waals surface area contributed by atoms with Crippen molar-refractivity contribution in [1.29, 1.82) is 0 Å². The molecule has 0 unspecified atom stereocenters. The van der Waals surface area contributed by atoms with Gasteiger partial charge in [0.1, 0.15) is 0 Å². The van der Waals surface area contributed by atoms with Gasteiger partial charge in [-0.15, -0.1) is 0 Å². The van der Waals surface area contributed by atoms with Crippen LogP contribution in [-0.4, -0.2) is 17.7 Å². The van der Waals surface area contributed by atoms with Crippen LogP contribution in [0, 0.1) is 0 Å². The molecule has 27 heavy (non-hydrogen) atoms. The number of rotatable bonds is 2. The van der Waals surface area contributed by atoms with Crippen LogP contribution in [0.25, 0.3) is 21.0 Å². The number of aromatic nitrogens is 1. The number of anilines is 1. The Morgan fingerprint density at radius 2 is 1.93 bits per heavy atom. The van der Waals surface area contributed by atoms with E-state index in [-0.39, 0.29) is 12.7 Å². The molecule has 0 fully saturated rings. The molecule has 0 bridgehead atoms. The maximum Gasteiger partial charge on any atom is 0.257 e. The number of nitrogens with zero attached hydrogens (tertiary/aromatic N) is 1. The molecule has 3 aromatic carbocycles. The van der Waals surface area contributed by atoms with Gasteiger partial charge in [0.05, 0.1) is 10.2 Å². The van der Waals surface area contributed by atoms with Gasteiger partial charge in [0.2, 0.25) is 6.79 Å². The summed E-state index contributed by atoms with van der Waals surface area (Å²) in [5.74, 6) is 1.05. The molecule has 0 spiro atoms. The van der Waals surface area contributed by atoms with Crippen molar-refractivity contribution >= 4 is 43.4 Å². The molecule has 0 radical (unpaired) electrons. The van der Waals surface area contributed by atoms with Gasteiger partial charge in [-0.25, -0.2) is 4.98 Å². The number of benzene rings is 3. The first kappa shape index (κ1) is 15.0. The topological polar surface area (TPSA) is 60.5 Å². The van der Waals surface area contributed by atoms with Gasteiger partial charge >= 0.3 is 0 Å². The van der Waals surface area contributed by atoms with Crippen molar-refractivity contribution in [2.45, 2.75) is 12.8 Å². The molecule has 0 saturated heterocycles. The zero-order valence-electron chi connectivity index (χ0n) is 14.2. The SMILES string of the molecule is O=C(Nc1nc2c(cc3c4c(cccc42)CC3)s1)c1ccc2c(c1)OCO2. The van der Waals surface area contributed by atoms with Gasteiger partial charge in [-0.1, -0.05) is 29.5 Å². The van der Waals surface area contributed by atoms with E-state index in [1.54, 1.807) is 18.2 Å². The first-order valence-corrected chi connectivity index (χ1v) is 9.63. The molecule has 132 valence electrons. The Bertz CT molecular complexity index is 1260. The molecule has 0 saturated carbocycles. The fourth-order valence-electron chi connectivity index (χ4n) is 3.97. The summed E-state index contributed by atoms with van der Waals surface area (Å²) in [4.78, 5) is 17.4. The Labute approximate surface area is 158 Å². The zero-order chi connectivity index (χ0) is 18.0. The molecule has 5 nitrogen and oxygen atoms in total. The van der Waals surface area contributed by atoms with Crippen LogP contribution in [0.15, 0.2) is 42.5 Å². The van der Waals surface area contributed by atoms with Crippen molar-refractivity contribution in [3.63, 3.8) is 0 Å². The number of aryl methyl sites for hydroxylation is 2. The number of amides is 1. The third kappa shape index (κ3) is 2.23. The number of nitrogens with one attached hydrogen (secondary N) is 1. The maximum atomic E-state index is 12.6. The van der Waals surface area contributed by atoms with Crippen LogP contribution in [0.1, 0.15) is 21.5 Å². The molecule has 1 aromatic heterocycles. The first-order valence-electron chi connectivity index (χ1n) is 8.81. The number of hydrogen-bond acceptors (Lipinski definition) is 5. The van der Waals surface area contributed by atoms with Crippen molar-refractivity contribution in [3.05, 3.63) is 59.2 Å². The number of ether oxygens (including phenoxy) is 2. The lowest BCUT2D eigenvalue weighted by molar-refractivity contribution is 0.102. The van der Waals surface area contributed by atoms with Gasteiger partial charge in [-0.2, -0.15) is 0 Å². The lowest BCUT2D eigenvalue weighted by Gasteiger charge is -2.03. The van der Waals surface area contributed by atoms with Gasteiger partial charge in [0.25, 0.3) is 5.91 Å². The Hall–Kier alpha value is -3.12. The van der Waals surface area contributed by atoms with Crippen molar-refractivity contribution in [1.82, 2.24) is 4.98 Å². The molecule has 0 atom stereocenters. The lowest BCUT2D eigenvalue weighted by atomic mass is 10.0. The van der Waals surface area contributed by atoms with Crippen LogP contribution >= 0.6 is 11.3 Å². The fourth-order valence-corrected chi connectivity index (χ4v) is 4.91. The number of carbonyl (C=O) groups is 1. The molecule has 6 heteroatoms. The van der Waals surface area contributed by atoms with Gasteiger partial charge in [0.15, 0.2) is 16.6 Å². The summed E-state index contributed by atoms with van der Waals surface area (Å²) in [6, 6.07) is 13.8. The van der Waals surface area contributed by atoms with E-state index in [2.05, 4.69) is 29.6 Å². The predicted octanol–water partition coefficient (Wildman–Crippen LogP) is 4.53. The summed E-state index contributed by atoms with van der Waals surface area (Å²) in [6.45, 7) is 0.190. The quantitative estimate of drug-likeness (QED) is 0.560. The average Bonchev–Trinajstić information content (AvgIpc) is 3.40. The van der Waals surface area contributed by atoms with Crippen LogP contribution < -0.4 is 14.8 Å². The van der Waals surface area contributed by atoms with Gasteiger partial charge in [-0.3, -0.25) is 10.1 Å². The molecule has 1 amide bonds. The molecule has 1 aliphatic heterocycles. The minimum atomic E-state index is -0.204. The third-order valence-electron chi connectivity index (χ3n) is 5.20. The van der Waals surface area contributed by atoms with Gasteiger partial charge in [-0.05, 0) is 53.6 Å². The Morgan fingerprint density at radius 3 is 2.89 bits per heavy atom. The minimum Gasteiger partial charge on any atom is -0.454 e. The molecule has 4 aromatic rings. The highest BCUT2D eigenvalue weighted by molar-refractivity contribution is 7.22. The van der Waals surface area contributed by atoms with E-state index >= 15 is 0 Å². The van der Waals surface area contributed by atoms with E-state index in [4.69, 9.17) is 14.5 Å². The summed E-state index contributed by atoms with van der Waals surface area (Å²) in [5.41, 5.74) is 4.25. The predicted molar refractivity (Wildman–Crippen MR) is 105 cm³/mol. The van der Waals surface area contributed by atoms with E-state index in [9.17, 15) is 4.79 Å². The number of carbonyl (C=O) groups excluding carboxylic acids is 1. The van der Waals surface area contributed by atoms with E-state index in [1.807, 2.05) is 0 Å². The Balaban J connectivity index is 1.39. The Kier molecular flexibility index (Phi) is 3.02. The molecular weight excluding hydrogens is 360 g/mol. The van der Waals surface area contributed by atoms with Crippen molar-refractivity contribution in [2.75, 3.05) is 12.1 Å². The first-order chi connectivity index (χ1) is 13.3. The van der Waals surface area contributed by atoms with Crippen LogP contribution in [0.3, 0.4) is 0 Å². The van der Waals surface area contributed by atoms with E-state index in [1.165, 1.54) is 33.2 Å². The van der Waals surface area contributed by atoms with Crippen molar-refractivity contribution < 1.29 is 14.3 Å². The van der Waals surface area contributed by atoms with Crippen LogP contribution in [0.5, 0.6) is 11.5 Å². The normalized spacial score (nSPS) is 14.2. The second-order valence-corrected chi connectivity index (χ2v) is 7.79. The van der Waals surface area contributed by atoms with Crippen molar-refractivity contribution in [3.8, 4) is 11.5 Å². The highest BCUT2D eigenvalue weighted by Crippen LogP contribution is 2.39. The summed E-state index contributed by atoms with van der Waals surface area (Å²) in [6.07, 6.45) is 2.17. The van der Waals surface area contributed by atoms with Crippen LogP contribution in [-0.2, 0) is 12.8 Å². The second kappa shape index (κ2) is 5.44. The smallest absolute Gasteiger partial charge is 0.257 e. The highest BCUT2D eigenvalue weighted by Gasteiger charge is 2.20. The molecule has 1 aliphatic carbocycles. The maximum absolute atomic E-state index is 12.6. The van der Waals surface area contributed by atoms with Gasteiger partial charge in [0, 0.05) is 10.9 Å². The minimum absolute atomic E-state index is 0.190. The van der Waals surface area contributed by atoms with E-state index in [0.717, 1.165) is 23.1 Å². The number of thiazole rings is 1. The summed E-state index contributed by atoms with van der Waals surface area (Å²) in [5, 5.41) is 6.05. The molecule has 6 rings (SSSR count). The number of fused-ring (bicyclic) bond motifs is 3. The third-order valence-corrected chi connectivity index (χ3v) is 6.12. The highest BCUT2D eigenvalue weighted by atomic mass is 32.1. The van der Waals surface area contributed by atoms with Gasteiger partial charge < -0.3 is 9.47 Å². The summed E-state index contributed by atoms with van der Waals surface area (Å²) < 4.78 is 11.8. The fraction of sp³-hybridized carbons (Fsp3) is 0.143. The Morgan fingerprint density at radius 1 is 1.04 bits per heavy atom. The van der Waals surface area contributed by atoms with E-state index < -0.39 is 0 Å². The summed E-state index contributed by atoms with van der Waals surface area (Å²) >= 11 is 1.51. The van der Waals surface area contributed by atoms with Crippen molar-refractivity contribution in [2.24, 2.45) is 0 Å². The second-order valence-electron chi connectivity index (χ2n) is 6.76. The molecule has 2 aliphatic rings. The molecule has 2 heterocycles. The molecule has 1 N–H and O–H groups in total. The standard InChI is InChI=1S/C21H14N2O3S/c24-20(13-6-7-15-16(8-13)26-10-25-15)23-21-22-19-14-3-1-2-11-4-5-12(18(11)14)9-17(19)27-21/h1-3,6-9H,4-5,10H2,(H,22,23,24). The summed E-state index contributed by atoms with van der Waals surface area (Å²) in [7, 11) is 0. The van der Waals surface area contributed by atoms with E-state index in [0.29, 0.717) is 22.2 Å². The average molecular weight is 374 g/mol. The van der Waals surface area contributed by atoms with Crippen LogP contribution in [0.2, 0.25) is 0 Å². The number of hydrogen-bond donors (Lipinski definition) is 1. The largest absolute Gasteiger partial charge is 0.454 e.